The van der Waals surface area contributed by atoms with Crippen LogP contribution in [0.4, 0.5) is 4.39 Å². The van der Waals surface area contributed by atoms with Crippen molar-refractivity contribution in [2.24, 2.45) is 0 Å². The van der Waals surface area contributed by atoms with Crippen molar-refractivity contribution in [3.8, 4) is 11.1 Å². The summed E-state index contributed by atoms with van der Waals surface area (Å²) in [6.07, 6.45) is 1.40. The Morgan fingerprint density at radius 2 is 1.65 bits per heavy atom. The van der Waals surface area contributed by atoms with Crippen molar-refractivity contribution in [3.05, 3.63) is 53.8 Å². The lowest BCUT2D eigenvalue weighted by Gasteiger charge is -2.07. The van der Waals surface area contributed by atoms with E-state index in [9.17, 15) is 12.8 Å². The Kier molecular flexibility index (Phi) is 4.20. The van der Waals surface area contributed by atoms with E-state index in [-0.39, 0.29) is 23.7 Å². The Balaban J connectivity index is 2.39. The fourth-order valence-corrected chi connectivity index (χ4v) is 2.59. The highest BCUT2D eigenvalue weighted by Gasteiger charge is 2.08. The van der Waals surface area contributed by atoms with Gasteiger partial charge >= 0.3 is 0 Å². The summed E-state index contributed by atoms with van der Waals surface area (Å²) in [7, 11) is -3.22. The van der Waals surface area contributed by atoms with E-state index in [0.717, 1.165) is 17.4 Å². The highest BCUT2D eigenvalue weighted by atomic mass is 32.2. The van der Waals surface area contributed by atoms with Gasteiger partial charge in [0.1, 0.15) is 5.82 Å². The van der Waals surface area contributed by atoms with Crippen molar-refractivity contribution in [1.82, 2.24) is 0 Å². The molecule has 0 radical (unpaired) electrons. The zero-order valence-corrected chi connectivity index (χ0v) is 11.8. The molecule has 0 aliphatic carbocycles. The van der Waals surface area contributed by atoms with Gasteiger partial charge in [0.15, 0.2) is 9.84 Å². The van der Waals surface area contributed by atoms with Crippen molar-refractivity contribution in [3.63, 3.8) is 0 Å². The molecule has 3 nitrogen and oxygen atoms in total. The zero-order valence-electron chi connectivity index (χ0n) is 11.0. The second-order valence-electron chi connectivity index (χ2n) is 4.58. The fraction of sp³-hybridized carbons (Fsp3) is 0.200. The average molecular weight is 294 g/mol. The predicted octanol–water partition coefficient (Wildman–Crippen LogP) is 2.43. The largest absolute Gasteiger partial charge is 0.396 e. The predicted molar refractivity (Wildman–Crippen MR) is 75.7 cm³/mol. The summed E-state index contributed by atoms with van der Waals surface area (Å²) in [6.45, 7) is -0.118. The molecule has 0 amide bonds. The molecular formula is C15H15FO3S. The minimum atomic E-state index is -3.22. The van der Waals surface area contributed by atoms with E-state index >= 15 is 0 Å². The molecule has 0 unspecified atom stereocenters. The third-order valence-corrected chi connectivity index (χ3v) is 4.17. The van der Waals surface area contributed by atoms with Crippen LogP contribution >= 0.6 is 0 Å². The number of sulfone groups is 1. The van der Waals surface area contributed by atoms with Crippen LogP contribution in [-0.2, 0) is 16.3 Å². The van der Waals surface area contributed by atoms with Gasteiger partial charge < -0.3 is 5.11 Å². The molecule has 20 heavy (non-hydrogen) atoms. The van der Waals surface area contributed by atoms with Gasteiger partial charge in [0, 0.05) is 12.9 Å². The molecule has 0 saturated heterocycles. The molecular weight excluding hydrogens is 279 g/mol. The third-order valence-electron chi connectivity index (χ3n) is 3.04. The second-order valence-corrected chi connectivity index (χ2v) is 6.59. The first-order chi connectivity index (χ1) is 9.41. The van der Waals surface area contributed by atoms with E-state index in [4.69, 9.17) is 5.11 Å². The Labute approximate surface area is 117 Å². The summed E-state index contributed by atoms with van der Waals surface area (Å²) in [5.74, 6) is -0.351. The van der Waals surface area contributed by atoms with Crippen LogP contribution in [0.3, 0.4) is 0 Å². The molecule has 0 aromatic heterocycles. The molecule has 0 atom stereocenters. The van der Waals surface area contributed by atoms with Gasteiger partial charge in [0.05, 0.1) is 4.90 Å². The highest BCUT2D eigenvalue weighted by molar-refractivity contribution is 7.90. The van der Waals surface area contributed by atoms with Gasteiger partial charge in [-0.1, -0.05) is 18.2 Å². The Bertz CT molecular complexity index is 706. The van der Waals surface area contributed by atoms with Crippen LogP contribution in [0.2, 0.25) is 0 Å². The first kappa shape index (κ1) is 14.7. The van der Waals surface area contributed by atoms with Gasteiger partial charge in [-0.15, -0.1) is 0 Å². The molecule has 106 valence electrons. The smallest absolute Gasteiger partial charge is 0.175 e. The van der Waals surface area contributed by atoms with E-state index in [1.54, 1.807) is 24.3 Å². The second kappa shape index (κ2) is 5.73. The normalized spacial score (nSPS) is 11.6. The maximum absolute atomic E-state index is 13.5. The first-order valence-corrected chi connectivity index (χ1v) is 8.01. The van der Waals surface area contributed by atoms with Crippen molar-refractivity contribution in [1.29, 1.82) is 0 Å². The number of benzene rings is 2. The van der Waals surface area contributed by atoms with E-state index in [1.165, 1.54) is 18.2 Å². The minimum absolute atomic E-state index is 0.118. The van der Waals surface area contributed by atoms with Crippen LogP contribution in [0.5, 0.6) is 0 Å². The lowest BCUT2D eigenvalue weighted by molar-refractivity contribution is 0.297. The number of aliphatic hydroxyl groups is 1. The van der Waals surface area contributed by atoms with Crippen LogP contribution in [0.15, 0.2) is 47.4 Å². The highest BCUT2D eigenvalue weighted by Crippen LogP contribution is 2.24. The number of hydrogen-bond acceptors (Lipinski definition) is 3. The number of aliphatic hydroxyl groups excluding tert-OH is 1. The van der Waals surface area contributed by atoms with E-state index < -0.39 is 9.84 Å². The van der Waals surface area contributed by atoms with E-state index in [0.29, 0.717) is 5.56 Å². The fourth-order valence-electron chi connectivity index (χ4n) is 1.96. The SMILES string of the molecule is CS(=O)(=O)c1ccc(-c2ccc(F)c(CCO)c2)cc1. The van der Waals surface area contributed by atoms with Crippen molar-refractivity contribution in [2.45, 2.75) is 11.3 Å². The van der Waals surface area contributed by atoms with Crippen LogP contribution in [-0.4, -0.2) is 26.4 Å². The minimum Gasteiger partial charge on any atom is -0.396 e. The Hall–Kier alpha value is -1.72. The quantitative estimate of drug-likeness (QED) is 0.942. The molecule has 0 heterocycles. The molecule has 0 bridgehead atoms. The number of hydrogen-bond donors (Lipinski definition) is 1. The van der Waals surface area contributed by atoms with Gasteiger partial charge in [-0.05, 0) is 47.4 Å². The van der Waals surface area contributed by atoms with Crippen molar-refractivity contribution >= 4 is 9.84 Å². The maximum Gasteiger partial charge on any atom is 0.175 e. The summed E-state index contributed by atoms with van der Waals surface area (Å²) in [5, 5.41) is 8.90. The number of rotatable bonds is 4. The zero-order chi connectivity index (χ0) is 14.8. The van der Waals surface area contributed by atoms with E-state index in [2.05, 4.69) is 0 Å². The molecule has 2 rings (SSSR count). The van der Waals surface area contributed by atoms with Crippen LogP contribution in [0.1, 0.15) is 5.56 Å². The Morgan fingerprint density at radius 1 is 1.05 bits per heavy atom. The van der Waals surface area contributed by atoms with E-state index in [1.807, 2.05) is 0 Å². The molecule has 0 saturated carbocycles. The summed E-state index contributed by atoms with van der Waals surface area (Å²) in [4.78, 5) is 0.249. The van der Waals surface area contributed by atoms with Crippen LogP contribution < -0.4 is 0 Å². The van der Waals surface area contributed by atoms with Gasteiger partial charge in [-0.3, -0.25) is 0 Å². The van der Waals surface area contributed by atoms with Gasteiger partial charge in [0.25, 0.3) is 0 Å². The van der Waals surface area contributed by atoms with Gasteiger partial charge in [-0.25, -0.2) is 12.8 Å². The Morgan fingerprint density at radius 3 is 2.20 bits per heavy atom. The monoisotopic (exact) mass is 294 g/mol. The lowest BCUT2D eigenvalue weighted by atomic mass is 10.0. The molecule has 0 spiro atoms. The van der Waals surface area contributed by atoms with Gasteiger partial charge in [0.2, 0.25) is 0 Å². The van der Waals surface area contributed by atoms with Crippen molar-refractivity contribution in [2.75, 3.05) is 12.9 Å². The average Bonchev–Trinajstić information content (AvgIpc) is 2.41. The lowest BCUT2D eigenvalue weighted by Crippen LogP contribution is -1.97. The summed E-state index contributed by atoms with van der Waals surface area (Å²) in [5.41, 5.74) is 2.03. The molecule has 0 fully saturated rings. The van der Waals surface area contributed by atoms with Crippen LogP contribution in [0, 0.1) is 5.82 Å². The number of halogens is 1. The third kappa shape index (κ3) is 3.23. The standard InChI is InChI=1S/C15H15FO3S/c1-20(18,19)14-5-2-11(3-6-14)12-4-7-15(16)13(10-12)8-9-17/h2-7,10,17H,8-9H2,1H3. The van der Waals surface area contributed by atoms with Crippen LogP contribution in [0.25, 0.3) is 11.1 Å². The molecule has 0 aliphatic rings. The molecule has 5 heteroatoms. The summed E-state index contributed by atoms with van der Waals surface area (Å²) < 4.78 is 36.3. The van der Waals surface area contributed by atoms with Gasteiger partial charge in [-0.2, -0.15) is 0 Å². The van der Waals surface area contributed by atoms with Crippen molar-refractivity contribution < 1.29 is 17.9 Å². The summed E-state index contributed by atoms with van der Waals surface area (Å²) in [6, 6.07) is 11.1. The first-order valence-electron chi connectivity index (χ1n) is 6.11. The maximum atomic E-state index is 13.5. The topological polar surface area (TPSA) is 54.4 Å². The molecule has 0 aliphatic heterocycles. The molecule has 1 N–H and O–H groups in total. The molecule has 2 aromatic carbocycles. The molecule has 2 aromatic rings. The summed E-state index contributed by atoms with van der Waals surface area (Å²) >= 11 is 0.